The van der Waals surface area contributed by atoms with Gasteiger partial charge >= 0.3 is 6.03 Å². The topological polar surface area (TPSA) is 61.4 Å². The maximum atomic E-state index is 12.1. The first-order chi connectivity index (χ1) is 11.1. The maximum absolute atomic E-state index is 12.1. The molecule has 3 amide bonds. The molecule has 6 heteroatoms. The Morgan fingerprint density at radius 3 is 2.65 bits per heavy atom. The van der Waals surface area contributed by atoms with Gasteiger partial charge in [0.05, 0.1) is 10.7 Å². The van der Waals surface area contributed by atoms with E-state index in [1.165, 1.54) is 0 Å². The number of nitrogens with one attached hydrogen (secondary N) is 2. The SMILES string of the molecule is O=C(Nc1cccc(N2CCCC2=O)c1)Nc1ccccc1Cl. The molecule has 0 unspecified atom stereocenters. The van der Waals surface area contributed by atoms with Crippen molar-refractivity contribution in [2.45, 2.75) is 12.8 Å². The number of benzene rings is 2. The third-order valence-corrected chi connectivity index (χ3v) is 3.94. The number of hydrogen-bond acceptors (Lipinski definition) is 2. The van der Waals surface area contributed by atoms with Crippen LogP contribution in [0.4, 0.5) is 21.9 Å². The maximum Gasteiger partial charge on any atom is 0.323 e. The third-order valence-electron chi connectivity index (χ3n) is 3.61. The molecule has 1 heterocycles. The minimum Gasteiger partial charge on any atom is -0.312 e. The van der Waals surface area contributed by atoms with Gasteiger partial charge in [0, 0.05) is 24.3 Å². The summed E-state index contributed by atoms with van der Waals surface area (Å²) in [6.45, 7) is 0.716. The molecule has 0 radical (unpaired) electrons. The van der Waals surface area contributed by atoms with Crippen LogP contribution in [-0.2, 0) is 4.79 Å². The second kappa shape index (κ2) is 6.71. The van der Waals surface area contributed by atoms with Gasteiger partial charge in [-0.05, 0) is 36.8 Å². The Labute approximate surface area is 139 Å². The van der Waals surface area contributed by atoms with Crippen LogP contribution in [0.15, 0.2) is 48.5 Å². The summed E-state index contributed by atoms with van der Waals surface area (Å²) >= 11 is 6.01. The molecule has 3 rings (SSSR count). The minimum absolute atomic E-state index is 0.114. The summed E-state index contributed by atoms with van der Waals surface area (Å²) in [5.41, 5.74) is 1.95. The summed E-state index contributed by atoms with van der Waals surface area (Å²) in [5.74, 6) is 0.114. The van der Waals surface area contributed by atoms with Gasteiger partial charge in [-0.25, -0.2) is 4.79 Å². The quantitative estimate of drug-likeness (QED) is 0.890. The lowest BCUT2D eigenvalue weighted by molar-refractivity contribution is -0.117. The number of anilines is 3. The Morgan fingerprint density at radius 1 is 1.09 bits per heavy atom. The van der Waals surface area contributed by atoms with Crippen LogP contribution in [-0.4, -0.2) is 18.5 Å². The van der Waals surface area contributed by atoms with E-state index in [1.54, 1.807) is 41.3 Å². The van der Waals surface area contributed by atoms with E-state index in [2.05, 4.69) is 10.6 Å². The van der Waals surface area contributed by atoms with Crippen molar-refractivity contribution in [3.63, 3.8) is 0 Å². The zero-order valence-corrected chi connectivity index (χ0v) is 13.1. The fourth-order valence-electron chi connectivity index (χ4n) is 2.52. The van der Waals surface area contributed by atoms with Gasteiger partial charge in [0.1, 0.15) is 0 Å². The smallest absolute Gasteiger partial charge is 0.312 e. The fraction of sp³-hybridized carbons (Fsp3) is 0.176. The predicted molar refractivity (Wildman–Crippen MR) is 92.1 cm³/mol. The monoisotopic (exact) mass is 329 g/mol. The van der Waals surface area contributed by atoms with Gasteiger partial charge in [0.15, 0.2) is 0 Å². The molecular weight excluding hydrogens is 314 g/mol. The molecule has 0 bridgehead atoms. The van der Waals surface area contributed by atoms with E-state index < -0.39 is 0 Å². The number of amides is 3. The largest absolute Gasteiger partial charge is 0.323 e. The van der Waals surface area contributed by atoms with Gasteiger partial charge in [0.2, 0.25) is 5.91 Å². The number of urea groups is 1. The molecule has 0 spiro atoms. The Bertz CT molecular complexity index is 748. The molecule has 0 atom stereocenters. The summed E-state index contributed by atoms with van der Waals surface area (Å²) in [7, 11) is 0. The third kappa shape index (κ3) is 3.63. The highest BCUT2D eigenvalue weighted by Gasteiger charge is 2.21. The van der Waals surface area contributed by atoms with E-state index in [0.717, 1.165) is 12.1 Å². The minimum atomic E-state index is -0.386. The summed E-state index contributed by atoms with van der Waals surface area (Å²) in [6, 6.07) is 13.9. The second-order valence-electron chi connectivity index (χ2n) is 5.26. The number of carbonyl (C=O) groups excluding carboxylic acids is 2. The van der Waals surface area contributed by atoms with Crippen LogP contribution in [0.1, 0.15) is 12.8 Å². The molecule has 0 aliphatic carbocycles. The van der Waals surface area contributed by atoms with Gasteiger partial charge < -0.3 is 15.5 Å². The van der Waals surface area contributed by atoms with Crippen LogP contribution in [0, 0.1) is 0 Å². The van der Waals surface area contributed by atoms with Gasteiger partial charge in [0.25, 0.3) is 0 Å². The zero-order valence-electron chi connectivity index (χ0n) is 12.4. The number of carbonyl (C=O) groups is 2. The molecule has 1 saturated heterocycles. The van der Waals surface area contributed by atoms with Crippen LogP contribution in [0.2, 0.25) is 5.02 Å². The first-order valence-electron chi connectivity index (χ1n) is 7.36. The number of para-hydroxylation sites is 1. The number of hydrogen-bond donors (Lipinski definition) is 2. The van der Waals surface area contributed by atoms with Crippen LogP contribution < -0.4 is 15.5 Å². The van der Waals surface area contributed by atoms with E-state index in [1.807, 2.05) is 12.1 Å². The van der Waals surface area contributed by atoms with E-state index in [0.29, 0.717) is 29.4 Å². The number of rotatable bonds is 3. The van der Waals surface area contributed by atoms with E-state index in [-0.39, 0.29) is 11.9 Å². The van der Waals surface area contributed by atoms with E-state index in [9.17, 15) is 9.59 Å². The van der Waals surface area contributed by atoms with Crippen molar-refractivity contribution in [3.05, 3.63) is 53.6 Å². The van der Waals surface area contributed by atoms with Crippen LogP contribution >= 0.6 is 11.6 Å². The van der Waals surface area contributed by atoms with Crippen LogP contribution in [0.3, 0.4) is 0 Å². The average Bonchev–Trinajstić information content (AvgIpc) is 2.96. The van der Waals surface area contributed by atoms with Crippen molar-refractivity contribution >= 4 is 40.6 Å². The van der Waals surface area contributed by atoms with Crippen LogP contribution in [0.5, 0.6) is 0 Å². The van der Waals surface area contributed by atoms with Crippen molar-refractivity contribution < 1.29 is 9.59 Å². The zero-order chi connectivity index (χ0) is 16.2. The highest BCUT2D eigenvalue weighted by molar-refractivity contribution is 6.33. The van der Waals surface area contributed by atoms with Crippen molar-refractivity contribution in [2.75, 3.05) is 22.1 Å². The Balaban J connectivity index is 1.69. The first kappa shape index (κ1) is 15.4. The van der Waals surface area contributed by atoms with Crippen LogP contribution in [0.25, 0.3) is 0 Å². The lowest BCUT2D eigenvalue weighted by Gasteiger charge is -2.17. The van der Waals surface area contributed by atoms with Crippen molar-refractivity contribution in [3.8, 4) is 0 Å². The number of nitrogens with zero attached hydrogens (tertiary/aromatic N) is 1. The fourth-order valence-corrected chi connectivity index (χ4v) is 2.70. The Morgan fingerprint density at radius 2 is 1.91 bits per heavy atom. The van der Waals surface area contributed by atoms with E-state index in [4.69, 9.17) is 11.6 Å². The summed E-state index contributed by atoms with van der Waals surface area (Å²) in [4.78, 5) is 25.6. The lowest BCUT2D eigenvalue weighted by atomic mass is 10.2. The highest BCUT2D eigenvalue weighted by Crippen LogP contribution is 2.25. The summed E-state index contributed by atoms with van der Waals surface area (Å²) in [5, 5.41) is 5.91. The van der Waals surface area contributed by atoms with Crippen molar-refractivity contribution in [2.24, 2.45) is 0 Å². The normalized spacial score (nSPS) is 14.0. The molecule has 2 N–H and O–H groups in total. The molecule has 5 nitrogen and oxygen atoms in total. The molecule has 0 saturated carbocycles. The Hall–Kier alpha value is -2.53. The highest BCUT2D eigenvalue weighted by atomic mass is 35.5. The van der Waals surface area contributed by atoms with Crippen molar-refractivity contribution in [1.82, 2.24) is 0 Å². The molecular formula is C17H16ClN3O2. The molecule has 2 aromatic rings. The first-order valence-corrected chi connectivity index (χ1v) is 7.74. The van der Waals surface area contributed by atoms with E-state index >= 15 is 0 Å². The van der Waals surface area contributed by atoms with Gasteiger partial charge in [-0.15, -0.1) is 0 Å². The molecule has 1 aliphatic heterocycles. The van der Waals surface area contributed by atoms with Gasteiger partial charge in [-0.2, -0.15) is 0 Å². The standard InChI is InChI=1S/C17H16ClN3O2/c18-14-7-1-2-8-15(14)20-17(23)19-12-5-3-6-13(11-12)21-10-4-9-16(21)22/h1-3,5-8,11H,4,9-10H2,(H2,19,20,23). The second-order valence-corrected chi connectivity index (χ2v) is 5.67. The summed E-state index contributed by atoms with van der Waals surface area (Å²) < 4.78 is 0. The molecule has 0 aromatic heterocycles. The molecule has 1 aliphatic rings. The molecule has 1 fully saturated rings. The average molecular weight is 330 g/mol. The lowest BCUT2D eigenvalue weighted by Crippen LogP contribution is -2.24. The molecule has 23 heavy (non-hydrogen) atoms. The molecule has 2 aromatic carbocycles. The van der Waals surface area contributed by atoms with Crippen molar-refractivity contribution in [1.29, 1.82) is 0 Å². The number of halogens is 1. The molecule has 118 valence electrons. The Kier molecular flexibility index (Phi) is 4.48. The van der Waals surface area contributed by atoms with Gasteiger partial charge in [-0.1, -0.05) is 29.8 Å². The predicted octanol–water partition coefficient (Wildman–Crippen LogP) is 4.11. The van der Waals surface area contributed by atoms with Gasteiger partial charge in [-0.3, -0.25) is 4.79 Å². The summed E-state index contributed by atoms with van der Waals surface area (Å²) in [6.07, 6.45) is 1.44.